The van der Waals surface area contributed by atoms with Gasteiger partial charge in [-0.2, -0.15) is 0 Å². The van der Waals surface area contributed by atoms with Gasteiger partial charge >= 0.3 is 5.97 Å². The Morgan fingerprint density at radius 3 is 2.89 bits per heavy atom. The number of ether oxygens (including phenoxy) is 1. The highest BCUT2D eigenvalue weighted by atomic mass is 32.1. The molecule has 1 aromatic carbocycles. The van der Waals surface area contributed by atoms with Crippen LogP contribution in [0.2, 0.25) is 0 Å². The molecule has 10 heteroatoms. The van der Waals surface area contributed by atoms with Crippen LogP contribution < -0.4 is 4.90 Å². The summed E-state index contributed by atoms with van der Waals surface area (Å²) in [5.74, 6) is -0.863. The number of likely N-dealkylation sites (N-methyl/N-ethyl adjacent to an activating group) is 1. The number of carbonyl (C=O) groups is 1. The Hall–Kier alpha value is -2.56. The fourth-order valence-corrected chi connectivity index (χ4v) is 3.81. The number of anilines is 1. The lowest BCUT2D eigenvalue weighted by atomic mass is 10.1. The highest BCUT2D eigenvalue weighted by molar-refractivity contribution is 7.14. The van der Waals surface area contributed by atoms with Gasteiger partial charge in [-0.1, -0.05) is 0 Å². The smallest absolute Gasteiger partial charge is 0.317 e. The van der Waals surface area contributed by atoms with Crippen molar-refractivity contribution in [2.75, 3.05) is 44.7 Å². The number of hydrogen-bond donors (Lipinski definition) is 1. The number of nitrogens with zero attached hydrogens (tertiary/aromatic N) is 4. The van der Waals surface area contributed by atoms with E-state index in [-0.39, 0.29) is 18.3 Å². The van der Waals surface area contributed by atoms with Gasteiger partial charge in [0.15, 0.2) is 5.13 Å². The molecule has 3 rings (SSSR count). The van der Waals surface area contributed by atoms with Gasteiger partial charge < -0.3 is 14.7 Å². The SMILES string of the molecule is CN(CC(=O)O)CC1CN(c2nc(-c3ccc([N+](=O)[O-])cc3)cs2)CCO1. The second kappa shape index (κ2) is 8.42. The third-order valence-corrected chi connectivity index (χ3v) is 5.10. The fourth-order valence-electron chi connectivity index (χ4n) is 2.94. The van der Waals surface area contributed by atoms with Crippen LogP contribution in [0.25, 0.3) is 11.3 Å². The summed E-state index contributed by atoms with van der Waals surface area (Å²) in [5.41, 5.74) is 1.65. The molecular weight excluding hydrogens is 372 g/mol. The molecule has 1 aromatic heterocycles. The van der Waals surface area contributed by atoms with E-state index < -0.39 is 10.9 Å². The number of nitro groups is 1. The second-order valence-electron chi connectivity index (χ2n) is 6.35. The number of nitro benzene ring substituents is 1. The molecule has 9 nitrogen and oxygen atoms in total. The largest absolute Gasteiger partial charge is 0.480 e. The predicted octanol–water partition coefficient (Wildman–Crippen LogP) is 1.94. The quantitative estimate of drug-likeness (QED) is 0.562. The van der Waals surface area contributed by atoms with Crippen molar-refractivity contribution < 1.29 is 19.6 Å². The molecule has 0 spiro atoms. The summed E-state index contributed by atoms with van der Waals surface area (Å²) < 4.78 is 5.75. The van der Waals surface area contributed by atoms with Crippen LogP contribution in [0.15, 0.2) is 29.6 Å². The molecule has 0 saturated carbocycles. The summed E-state index contributed by atoms with van der Waals surface area (Å²) in [6, 6.07) is 6.33. The van der Waals surface area contributed by atoms with Gasteiger partial charge in [-0.05, 0) is 19.2 Å². The summed E-state index contributed by atoms with van der Waals surface area (Å²) >= 11 is 1.51. The number of aromatic nitrogens is 1. The zero-order valence-electron chi connectivity index (χ0n) is 14.8. The molecule has 2 heterocycles. The Kier molecular flexibility index (Phi) is 5.99. The number of carboxylic acid groups (broad SMARTS) is 1. The predicted molar refractivity (Wildman–Crippen MR) is 101 cm³/mol. The van der Waals surface area contributed by atoms with E-state index in [9.17, 15) is 14.9 Å². The average molecular weight is 392 g/mol. The van der Waals surface area contributed by atoms with Crippen molar-refractivity contribution in [3.05, 3.63) is 39.8 Å². The molecular formula is C17H20N4O5S. The summed E-state index contributed by atoms with van der Waals surface area (Å²) in [6.45, 7) is 2.41. The molecule has 1 unspecified atom stereocenters. The lowest BCUT2D eigenvalue weighted by molar-refractivity contribution is -0.384. The van der Waals surface area contributed by atoms with Crippen LogP contribution in [-0.2, 0) is 9.53 Å². The minimum absolute atomic E-state index is 0.0264. The molecule has 1 aliphatic heterocycles. The highest BCUT2D eigenvalue weighted by Gasteiger charge is 2.24. The second-order valence-corrected chi connectivity index (χ2v) is 7.19. The van der Waals surface area contributed by atoms with Crippen molar-refractivity contribution in [1.29, 1.82) is 0 Å². The Labute approximate surface area is 160 Å². The number of morpholine rings is 1. The number of carboxylic acids is 1. The first kappa shape index (κ1) is 19.2. The maximum Gasteiger partial charge on any atom is 0.317 e. The minimum Gasteiger partial charge on any atom is -0.480 e. The molecule has 0 bridgehead atoms. The zero-order valence-corrected chi connectivity index (χ0v) is 15.6. The summed E-state index contributed by atoms with van der Waals surface area (Å²) in [5, 5.41) is 22.4. The van der Waals surface area contributed by atoms with E-state index in [0.29, 0.717) is 26.2 Å². The summed E-state index contributed by atoms with van der Waals surface area (Å²) in [7, 11) is 1.76. The van der Waals surface area contributed by atoms with Crippen LogP contribution >= 0.6 is 11.3 Å². The number of rotatable bonds is 7. The van der Waals surface area contributed by atoms with E-state index in [1.165, 1.54) is 23.5 Å². The number of benzene rings is 1. The minimum atomic E-state index is -0.863. The van der Waals surface area contributed by atoms with Crippen molar-refractivity contribution in [3.8, 4) is 11.3 Å². The fraction of sp³-hybridized carbons (Fsp3) is 0.412. The number of thiazole rings is 1. The van der Waals surface area contributed by atoms with E-state index in [2.05, 4.69) is 9.88 Å². The highest BCUT2D eigenvalue weighted by Crippen LogP contribution is 2.29. The zero-order chi connectivity index (χ0) is 19.4. The van der Waals surface area contributed by atoms with E-state index in [1.807, 2.05) is 5.38 Å². The molecule has 2 aromatic rings. The Morgan fingerprint density at radius 1 is 1.48 bits per heavy atom. The van der Waals surface area contributed by atoms with Crippen LogP contribution in [0, 0.1) is 10.1 Å². The van der Waals surface area contributed by atoms with Crippen molar-refractivity contribution in [2.45, 2.75) is 6.10 Å². The van der Waals surface area contributed by atoms with E-state index in [4.69, 9.17) is 9.84 Å². The van der Waals surface area contributed by atoms with Gasteiger partial charge in [-0.15, -0.1) is 11.3 Å². The molecule has 144 valence electrons. The van der Waals surface area contributed by atoms with Gasteiger partial charge in [0.2, 0.25) is 0 Å². The van der Waals surface area contributed by atoms with E-state index in [0.717, 1.165) is 16.4 Å². The van der Waals surface area contributed by atoms with Gasteiger partial charge in [-0.3, -0.25) is 19.8 Å². The number of non-ortho nitro benzene ring substituents is 1. The summed E-state index contributed by atoms with van der Waals surface area (Å²) in [6.07, 6.45) is -0.0881. The molecule has 0 radical (unpaired) electrons. The molecule has 1 fully saturated rings. The van der Waals surface area contributed by atoms with Crippen LogP contribution in [0.5, 0.6) is 0 Å². The van der Waals surface area contributed by atoms with Crippen molar-refractivity contribution >= 4 is 28.1 Å². The van der Waals surface area contributed by atoms with Gasteiger partial charge in [0.1, 0.15) is 0 Å². The van der Waals surface area contributed by atoms with Crippen LogP contribution in [0.3, 0.4) is 0 Å². The molecule has 1 aliphatic rings. The lowest BCUT2D eigenvalue weighted by Crippen LogP contribution is -2.47. The van der Waals surface area contributed by atoms with Gasteiger partial charge in [-0.25, -0.2) is 4.98 Å². The first-order valence-electron chi connectivity index (χ1n) is 8.39. The topological polar surface area (TPSA) is 109 Å². The van der Waals surface area contributed by atoms with Gasteiger partial charge in [0.25, 0.3) is 5.69 Å². The number of aliphatic carboxylic acids is 1. The number of hydrogen-bond acceptors (Lipinski definition) is 8. The summed E-state index contributed by atoms with van der Waals surface area (Å²) in [4.78, 5) is 29.6. The molecule has 1 saturated heterocycles. The third kappa shape index (κ3) is 5.00. The third-order valence-electron chi connectivity index (χ3n) is 4.20. The van der Waals surface area contributed by atoms with E-state index >= 15 is 0 Å². The monoisotopic (exact) mass is 392 g/mol. The first-order chi connectivity index (χ1) is 12.9. The van der Waals surface area contributed by atoms with Crippen LogP contribution in [0.1, 0.15) is 0 Å². The lowest BCUT2D eigenvalue weighted by Gasteiger charge is -2.34. The molecule has 0 aliphatic carbocycles. The van der Waals surface area contributed by atoms with Crippen molar-refractivity contribution in [3.63, 3.8) is 0 Å². The maximum atomic E-state index is 10.8. The molecule has 0 amide bonds. The average Bonchev–Trinajstić information content (AvgIpc) is 3.11. The Balaban J connectivity index is 1.65. The Bertz CT molecular complexity index is 810. The van der Waals surface area contributed by atoms with Crippen molar-refractivity contribution in [2.24, 2.45) is 0 Å². The first-order valence-corrected chi connectivity index (χ1v) is 9.27. The van der Waals surface area contributed by atoms with E-state index in [1.54, 1.807) is 24.1 Å². The maximum absolute atomic E-state index is 10.8. The van der Waals surface area contributed by atoms with Crippen molar-refractivity contribution in [1.82, 2.24) is 9.88 Å². The Morgan fingerprint density at radius 2 is 2.22 bits per heavy atom. The normalized spacial score (nSPS) is 17.3. The van der Waals surface area contributed by atoms with Crippen LogP contribution in [0.4, 0.5) is 10.8 Å². The van der Waals surface area contributed by atoms with Gasteiger partial charge in [0.05, 0.1) is 29.9 Å². The molecule has 1 atom stereocenters. The molecule has 27 heavy (non-hydrogen) atoms. The standard InChI is InChI=1S/C17H20N4O5S/c1-19(10-16(22)23)8-14-9-20(6-7-26-14)17-18-15(11-27-17)12-2-4-13(5-3-12)21(24)25/h2-5,11,14H,6-10H2,1H3,(H,22,23). The van der Waals surface area contributed by atoms with Gasteiger partial charge in [0, 0.05) is 42.7 Å². The molecule has 1 N–H and O–H groups in total. The van der Waals surface area contributed by atoms with Crippen LogP contribution in [-0.4, -0.2) is 71.8 Å².